The van der Waals surface area contributed by atoms with Gasteiger partial charge in [-0.05, 0) is 31.1 Å². The number of benzene rings is 1. The summed E-state index contributed by atoms with van der Waals surface area (Å²) in [6, 6.07) is 7.20. The van der Waals surface area contributed by atoms with Crippen LogP contribution >= 0.6 is 11.6 Å². The largest absolute Gasteiger partial charge is 0.478 e. The van der Waals surface area contributed by atoms with Gasteiger partial charge in [0, 0.05) is 10.6 Å². The van der Waals surface area contributed by atoms with E-state index in [0.717, 1.165) is 5.56 Å². The van der Waals surface area contributed by atoms with E-state index in [-0.39, 0.29) is 0 Å². The van der Waals surface area contributed by atoms with Crippen molar-refractivity contribution in [3.05, 3.63) is 40.4 Å². The molecule has 0 aliphatic carbocycles. The van der Waals surface area contributed by atoms with Gasteiger partial charge in [-0.3, -0.25) is 0 Å². The summed E-state index contributed by atoms with van der Waals surface area (Å²) in [5.41, 5.74) is 1.79. The van der Waals surface area contributed by atoms with Crippen molar-refractivity contribution in [1.82, 2.24) is 0 Å². The van der Waals surface area contributed by atoms with Gasteiger partial charge in [-0.2, -0.15) is 0 Å². The van der Waals surface area contributed by atoms with Gasteiger partial charge in [0.15, 0.2) is 0 Å². The predicted molar refractivity (Wildman–Crippen MR) is 57.4 cm³/mol. The Morgan fingerprint density at radius 3 is 2.36 bits per heavy atom. The SMILES string of the molecule is CC(C(=O)O)=C(C)c1ccccc1Cl. The second-order valence-electron chi connectivity index (χ2n) is 3.03. The zero-order chi connectivity index (χ0) is 10.7. The summed E-state index contributed by atoms with van der Waals surface area (Å²) < 4.78 is 0. The van der Waals surface area contributed by atoms with Gasteiger partial charge in [-0.1, -0.05) is 29.8 Å². The first-order valence-corrected chi connectivity index (χ1v) is 4.57. The van der Waals surface area contributed by atoms with Gasteiger partial charge in [-0.15, -0.1) is 0 Å². The second-order valence-corrected chi connectivity index (χ2v) is 3.44. The molecule has 1 aromatic rings. The maximum atomic E-state index is 10.7. The summed E-state index contributed by atoms with van der Waals surface area (Å²) in [4.78, 5) is 10.7. The molecule has 0 aliphatic heterocycles. The van der Waals surface area contributed by atoms with Gasteiger partial charge in [0.1, 0.15) is 0 Å². The Bertz CT molecular complexity index is 394. The minimum Gasteiger partial charge on any atom is -0.478 e. The fourth-order valence-electron chi connectivity index (χ4n) is 1.13. The third-order valence-electron chi connectivity index (χ3n) is 2.16. The van der Waals surface area contributed by atoms with Crippen molar-refractivity contribution >= 4 is 23.1 Å². The first-order valence-electron chi connectivity index (χ1n) is 4.19. The van der Waals surface area contributed by atoms with E-state index in [1.54, 1.807) is 19.9 Å². The summed E-state index contributed by atoms with van der Waals surface area (Å²) in [6.45, 7) is 3.33. The van der Waals surface area contributed by atoms with Crippen LogP contribution in [-0.2, 0) is 4.79 Å². The van der Waals surface area contributed by atoms with Crippen molar-refractivity contribution in [2.45, 2.75) is 13.8 Å². The van der Waals surface area contributed by atoms with Crippen molar-refractivity contribution in [2.24, 2.45) is 0 Å². The van der Waals surface area contributed by atoms with Crippen molar-refractivity contribution in [2.75, 3.05) is 0 Å². The van der Waals surface area contributed by atoms with Gasteiger partial charge >= 0.3 is 5.97 Å². The van der Waals surface area contributed by atoms with Gasteiger partial charge in [0.05, 0.1) is 0 Å². The smallest absolute Gasteiger partial charge is 0.331 e. The van der Waals surface area contributed by atoms with E-state index < -0.39 is 5.97 Å². The molecule has 1 aromatic carbocycles. The molecule has 0 radical (unpaired) electrons. The first kappa shape index (κ1) is 10.8. The first-order chi connectivity index (χ1) is 6.54. The molecule has 2 nitrogen and oxygen atoms in total. The zero-order valence-corrected chi connectivity index (χ0v) is 8.80. The minimum atomic E-state index is -0.914. The van der Waals surface area contributed by atoms with Gasteiger partial charge in [0.25, 0.3) is 0 Å². The lowest BCUT2D eigenvalue weighted by Gasteiger charge is -2.06. The molecule has 0 atom stereocenters. The molecule has 3 heteroatoms. The van der Waals surface area contributed by atoms with E-state index in [1.807, 2.05) is 18.2 Å². The van der Waals surface area contributed by atoms with Crippen LogP contribution in [0.1, 0.15) is 19.4 Å². The van der Waals surface area contributed by atoms with Crippen LogP contribution in [0.4, 0.5) is 0 Å². The number of hydrogen-bond acceptors (Lipinski definition) is 1. The highest BCUT2D eigenvalue weighted by atomic mass is 35.5. The molecule has 0 saturated carbocycles. The molecule has 0 amide bonds. The highest BCUT2D eigenvalue weighted by Gasteiger charge is 2.09. The molecule has 0 aromatic heterocycles. The highest BCUT2D eigenvalue weighted by molar-refractivity contribution is 6.32. The maximum absolute atomic E-state index is 10.7. The van der Waals surface area contributed by atoms with Crippen molar-refractivity contribution in [1.29, 1.82) is 0 Å². The summed E-state index contributed by atoms with van der Waals surface area (Å²) in [6.07, 6.45) is 0. The number of aliphatic carboxylic acids is 1. The summed E-state index contributed by atoms with van der Waals surface area (Å²) >= 11 is 5.94. The van der Waals surface area contributed by atoms with E-state index in [2.05, 4.69) is 0 Å². The monoisotopic (exact) mass is 210 g/mol. The fraction of sp³-hybridized carbons (Fsp3) is 0.182. The molecule has 0 spiro atoms. The number of carbonyl (C=O) groups is 1. The molecule has 1 rings (SSSR count). The van der Waals surface area contributed by atoms with Crippen LogP contribution < -0.4 is 0 Å². The number of hydrogen-bond donors (Lipinski definition) is 1. The summed E-state index contributed by atoms with van der Waals surface area (Å²) in [5, 5.41) is 9.38. The van der Waals surface area contributed by atoms with E-state index in [1.165, 1.54) is 0 Å². The standard InChI is InChI=1S/C11H11ClO2/c1-7(8(2)11(13)14)9-5-3-4-6-10(9)12/h3-6H,1-2H3,(H,13,14). The van der Waals surface area contributed by atoms with Crippen LogP contribution in [0.5, 0.6) is 0 Å². The van der Waals surface area contributed by atoms with Crippen LogP contribution in [0.2, 0.25) is 5.02 Å². The van der Waals surface area contributed by atoms with Gasteiger partial charge in [0.2, 0.25) is 0 Å². The number of carboxylic acid groups (broad SMARTS) is 1. The molecule has 1 N–H and O–H groups in total. The lowest BCUT2D eigenvalue weighted by molar-refractivity contribution is -0.132. The average Bonchev–Trinajstić information content (AvgIpc) is 2.16. The lowest BCUT2D eigenvalue weighted by Crippen LogP contribution is -1.99. The topological polar surface area (TPSA) is 37.3 Å². The summed E-state index contributed by atoms with van der Waals surface area (Å²) in [7, 11) is 0. The number of halogens is 1. The Kier molecular flexibility index (Phi) is 3.31. The van der Waals surface area contributed by atoms with E-state index >= 15 is 0 Å². The summed E-state index contributed by atoms with van der Waals surface area (Å²) in [5.74, 6) is -0.914. The molecular weight excluding hydrogens is 200 g/mol. The molecule has 0 aliphatic rings. The zero-order valence-electron chi connectivity index (χ0n) is 8.04. The normalized spacial score (nSPS) is 12.2. The Morgan fingerprint density at radius 2 is 1.86 bits per heavy atom. The lowest BCUT2D eigenvalue weighted by atomic mass is 10.0. The predicted octanol–water partition coefficient (Wildman–Crippen LogP) is 3.22. The maximum Gasteiger partial charge on any atom is 0.331 e. The quantitative estimate of drug-likeness (QED) is 0.761. The van der Waals surface area contributed by atoms with Crippen molar-refractivity contribution < 1.29 is 9.90 Å². The molecule has 0 saturated heterocycles. The Hall–Kier alpha value is -1.28. The molecule has 74 valence electrons. The van der Waals surface area contributed by atoms with Crippen LogP contribution in [0, 0.1) is 0 Å². The van der Waals surface area contributed by atoms with E-state index in [0.29, 0.717) is 16.2 Å². The van der Waals surface area contributed by atoms with Crippen LogP contribution in [0.3, 0.4) is 0 Å². The van der Waals surface area contributed by atoms with Crippen molar-refractivity contribution in [3.8, 4) is 0 Å². The molecular formula is C11H11ClO2. The Balaban J connectivity index is 3.25. The molecule has 0 heterocycles. The highest BCUT2D eigenvalue weighted by Crippen LogP contribution is 2.25. The van der Waals surface area contributed by atoms with Gasteiger partial charge in [-0.25, -0.2) is 4.79 Å². The average molecular weight is 211 g/mol. The third-order valence-corrected chi connectivity index (χ3v) is 2.49. The number of carboxylic acids is 1. The van der Waals surface area contributed by atoms with E-state index in [9.17, 15) is 4.79 Å². The van der Waals surface area contributed by atoms with Crippen LogP contribution in [0.25, 0.3) is 5.57 Å². The van der Waals surface area contributed by atoms with Crippen LogP contribution in [-0.4, -0.2) is 11.1 Å². The fourth-order valence-corrected chi connectivity index (χ4v) is 1.41. The van der Waals surface area contributed by atoms with Crippen LogP contribution in [0.15, 0.2) is 29.8 Å². The van der Waals surface area contributed by atoms with E-state index in [4.69, 9.17) is 16.7 Å². The van der Waals surface area contributed by atoms with Crippen molar-refractivity contribution in [3.63, 3.8) is 0 Å². The minimum absolute atomic E-state index is 0.318. The molecule has 0 fully saturated rings. The molecule has 0 unspecified atom stereocenters. The number of allylic oxidation sites excluding steroid dienone is 1. The Labute approximate surface area is 87.8 Å². The second kappa shape index (κ2) is 4.29. The molecule has 0 bridgehead atoms. The van der Waals surface area contributed by atoms with Gasteiger partial charge < -0.3 is 5.11 Å². The third kappa shape index (κ3) is 2.15. The molecule has 14 heavy (non-hydrogen) atoms. The number of rotatable bonds is 2. The Morgan fingerprint density at radius 1 is 1.29 bits per heavy atom.